The third-order valence-electron chi connectivity index (χ3n) is 4.17. The van der Waals surface area contributed by atoms with Crippen molar-refractivity contribution in [2.24, 2.45) is 0 Å². The average Bonchev–Trinajstić information content (AvgIpc) is 2.61. The van der Waals surface area contributed by atoms with Gasteiger partial charge in [-0.25, -0.2) is 4.39 Å². The average molecular weight is 322 g/mol. The zero-order valence-corrected chi connectivity index (χ0v) is 13.6. The van der Waals surface area contributed by atoms with Crippen molar-refractivity contribution in [1.29, 1.82) is 5.26 Å². The van der Waals surface area contributed by atoms with Gasteiger partial charge in [0.05, 0.1) is 24.9 Å². The lowest BCUT2D eigenvalue weighted by Crippen LogP contribution is -2.36. The number of benzene rings is 2. The summed E-state index contributed by atoms with van der Waals surface area (Å²) in [5.41, 5.74) is 3.86. The molecule has 0 spiro atoms. The van der Waals surface area contributed by atoms with E-state index in [4.69, 9.17) is 4.74 Å². The Morgan fingerprint density at radius 3 is 2.62 bits per heavy atom. The van der Waals surface area contributed by atoms with Gasteiger partial charge in [0.1, 0.15) is 5.82 Å². The second kappa shape index (κ2) is 7.29. The van der Waals surface area contributed by atoms with E-state index in [0.717, 1.165) is 37.4 Å². The molecule has 1 aliphatic rings. The van der Waals surface area contributed by atoms with Crippen molar-refractivity contribution >= 4 is 17.3 Å². The lowest BCUT2D eigenvalue weighted by Gasteiger charge is -2.30. The molecule has 4 heteroatoms. The zero-order valence-electron chi connectivity index (χ0n) is 13.6. The van der Waals surface area contributed by atoms with Crippen LogP contribution in [0.3, 0.4) is 0 Å². The van der Waals surface area contributed by atoms with E-state index in [1.807, 2.05) is 12.1 Å². The van der Waals surface area contributed by atoms with Crippen LogP contribution < -0.4 is 4.90 Å². The standard InChI is InChI=1S/C20H19FN2O/c1-15-12-16(6-7-20(15)23-8-10-24-11-9-23)13-17(14-22)18-4-2-3-5-19(18)21/h2-7,12-13H,8-11H2,1H3. The van der Waals surface area contributed by atoms with Crippen LogP contribution in [0.1, 0.15) is 16.7 Å². The molecule has 0 N–H and O–H groups in total. The molecule has 2 aromatic rings. The highest BCUT2D eigenvalue weighted by atomic mass is 19.1. The van der Waals surface area contributed by atoms with Crippen LogP contribution in [0.2, 0.25) is 0 Å². The van der Waals surface area contributed by atoms with E-state index < -0.39 is 0 Å². The highest BCUT2D eigenvalue weighted by Gasteiger charge is 2.13. The number of nitrogens with zero attached hydrogens (tertiary/aromatic N) is 2. The van der Waals surface area contributed by atoms with Gasteiger partial charge in [-0.1, -0.05) is 24.3 Å². The highest BCUT2D eigenvalue weighted by Crippen LogP contribution is 2.25. The number of halogens is 1. The molecule has 3 rings (SSSR count). The quantitative estimate of drug-likeness (QED) is 0.632. The van der Waals surface area contributed by atoms with Crippen molar-refractivity contribution in [3.05, 3.63) is 65.0 Å². The maximum Gasteiger partial charge on any atom is 0.131 e. The number of allylic oxidation sites excluding steroid dienone is 1. The third-order valence-corrected chi connectivity index (χ3v) is 4.17. The molecule has 1 heterocycles. The normalized spacial score (nSPS) is 15.2. The van der Waals surface area contributed by atoms with Gasteiger partial charge in [0.15, 0.2) is 0 Å². The fraction of sp³-hybridized carbons (Fsp3) is 0.250. The number of nitriles is 1. The molecular formula is C20H19FN2O. The number of hydrogen-bond donors (Lipinski definition) is 0. The van der Waals surface area contributed by atoms with Gasteiger partial charge in [-0.05, 0) is 42.3 Å². The minimum Gasteiger partial charge on any atom is -0.378 e. The molecule has 0 unspecified atom stereocenters. The van der Waals surface area contributed by atoms with E-state index in [1.165, 1.54) is 11.8 Å². The van der Waals surface area contributed by atoms with Crippen molar-refractivity contribution in [3.8, 4) is 6.07 Å². The molecule has 122 valence electrons. The van der Waals surface area contributed by atoms with Crippen LogP contribution in [0, 0.1) is 24.1 Å². The van der Waals surface area contributed by atoms with Gasteiger partial charge in [-0.3, -0.25) is 0 Å². The number of anilines is 1. The molecule has 24 heavy (non-hydrogen) atoms. The fourth-order valence-electron chi connectivity index (χ4n) is 2.94. The fourth-order valence-corrected chi connectivity index (χ4v) is 2.94. The first-order chi connectivity index (χ1) is 11.7. The summed E-state index contributed by atoms with van der Waals surface area (Å²) < 4.78 is 19.3. The maximum absolute atomic E-state index is 13.9. The van der Waals surface area contributed by atoms with Crippen molar-refractivity contribution < 1.29 is 9.13 Å². The molecule has 1 fully saturated rings. The first-order valence-corrected chi connectivity index (χ1v) is 7.99. The van der Waals surface area contributed by atoms with Crippen molar-refractivity contribution in [1.82, 2.24) is 0 Å². The summed E-state index contributed by atoms with van der Waals surface area (Å²) in [4.78, 5) is 2.30. The van der Waals surface area contributed by atoms with Crippen LogP contribution in [-0.4, -0.2) is 26.3 Å². The molecule has 0 radical (unpaired) electrons. The molecule has 0 aromatic heterocycles. The van der Waals surface area contributed by atoms with E-state index >= 15 is 0 Å². The van der Waals surface area contributed by atoms with Crippen LogP contribution in [0.4, 0.5) is 10.1 Å². The van der Waals surface area contributed by atoms with E-state index in [0.29, 0.717) is 11.1 Å². The Kier molecular flexibility index (Phi) is 4.93. The largest absolute Gasteiger partial charge is 0.378 e. The lowest BCUT2D eigenvalue weighted by molar-refractivity contribution is 0.122. The van der Waals surface area contributed by atoms with Crippen LogP contribution in [0.25, 0.3) is 11.6 Å². The Morgan fingerprint density at radius 1 is 1.21 bits per heavy atom. The summed E-state index contributed by atoms with van der Waals surface area (Å²) in [6.07, 6.45) is 1.73. The molecule has 0 bridgehead atoms. The Labute approximate surface area is 141 Å². The summed E-state index contributed by atoms with van der Waals surface area (Å²) in [5, 5.41) is 9.39. The van der Waals surface area contributed by atoms with Crippen molar-refractivity contribution in [2.75, 3.05) is 31.2 Å². The van der Waals surface area contributed by atoms with Crippen molar-refractivity contribution in [2.45, 2.75) is 6.92 Å². The van der Waals surface area contributed by atoms with Crippen LogP contribution in [0.15, 0.2) is 42.5 Å². The molecule has 0 atom stereocenters. The smallest absolute Gasteiger partial charge is 0.131 e. The first kappa shape index (κ1) is 16.2. The number of hydrogen-bond acceptors (Lipinski definition) is 3. The SMILES string of the molecule is Cc1cc(C=C(C#N)c2ccccc2F)ccc1N1CCOCC1. The minimum atomic E-state index is -0.382. The number of aryl methyl sites for hydroxylation is 1. The maximum atomic E-state index is 13.9. The number of ether oxygens (including phenoxy) is 1. The van der Waals surface area contributed by atoms with E-state index in [1.54, 1.807) is 24.3 Å². The molecule has 3 nitrogen and oxygen atoms in total. The molecule has 1 aliphatic heterocycles. The zero-order chi connectivity index (χ0) is 16.9. The first-order valence-electron chi connectivity index (χ1n) is 7.99. The Balaban J connectivity index is 1.91. The molecule has 0 aliphatic carbocycles. The third kappa shape index (κ3) is 3.47. The summed E-state index contributed by atoms with van der Waals surface area (Å²) in [7, 11) is 0. The molecule has 1 saturated heterocycles. The van der Waals surface area contributed by atoms with Gasteiger partial charge in [0.25, 0.3) is 0 Å². The number of morpholine rings is 1. The molecule has 0 saturated carbocycles. The Hall–Kier alpha value is -2.64. The second-order valence-corrected chi connectivity index (χ2v) is 5.80. The number of rotatable bonds is 3. The monoisotopic (exact) mass is 322 g/mol. The van der Waals surface area contributed by atoms with Gasteiger partial charge in [0.2, 0.25) is 0 Å². The minimum absolute atomic E-state index is 0.326. The van der Waals surface area contributed by atoms with E-state index in [-0.39, 0.29) is 5.82 Å². The Bertz CT molecular complexity index is 802. The molecule has 0 amide bonds. The summed E-state index contributed by atoms with van der Waals surface area (Å²) in [6, 6.07) is 14.5. The van der Waals surface area contributed by atoms with Crippen LogP contribution in [0.5, 0.6) is 0 Å². The van der Waals surface area contributed by atoms with Crippen molar-refractivity contribution in [3.63, 3.8) is 0 Å². The summed E-state index contributed by atoms with van der Waals surface area (Å²) in [6.45, 7) is 5.31. The predicted octanol–water partition coefficient (Wildman–Crippen LogP) is 4.03. The van der Waals surface area contributed by atoms with Gasteiger partial charge in [0, 0.05) is 24.3 Å². The second-order valence-electron chi connectivity index (χ2n) is 5.80. The highest BCUT2D eigenvalue weighted by molar-refractivity contribution is 5.90. The van der Waals surface area contributed by atoms with Crippen LogP contribution >= 0.6 is 0 Å². The molecular weight excluding hydrogens is 303 g/mol. The van der Waals surface area contributed by atoms with Gasteiger partial charge in [-0.15, -0.1) is 0 Å². The Morgan fingerprint density at radius 2 is 1.96 bits per heavy atom. The van der Waals surface area contributed by atoms with E-state index in [2.05, 4.69) is 24.0 Å². The topological polar surface area (TPSA) is 36.3 Å². The van der Waals surface area contributed by atoms with Gasteiger partial charge in [-0.2, -0.15) is 5.26 Å². The predicted molar refractivity (Wildman–Crippen MR) is 94.1 cm³/mol. The summed E-state index contributed by atoms with van der Waals surface area (Å²) >= 11 is 0. The molecule has 2 aromatic carbocycles. The van der Waals surface area contributed by atoms with Crippen LogP contribution in [-0.2, 0) is 4.74 Å². The van der Waals surface area contributed by atoms with Gasteiger partial charge < -0.3 is 9.64 Å². The lowest BCUT2D eigenvalue weighted by atomic mass is 10.0. The van der Waals surface area contributed by atoms with Gasteiger partial charge >= 0.3 is 0 Å². The van der Waals surface area contributed by atoms with E-state index in [9.17, 15) is 9.65 Å². The summed E-state index contributed by atoms with van der Waals surface area (Å²) in [5.74, 6) is -0.382.